The number of carbonyl (C=O) groups is 1. The lowest BCUT2D eigenvalue weighted by atomic mass is 10.2. The van der Waals surface area contributed by atoms with E-state index in [4.69, 9.17) is 4.74 Å². The van der Waals surface area contributed by atoms with Gasteiger partial charge in [0.05, 0.1) is 7.11 Å². The van der Waals surface area contributed by atoms with Gasteiger partial charge in [-0.05, 0) is 36.4 Å². The van der Waals surface area contributed by atoms with Crippen LogP contribution in [0, 0.1) is 5.82 Å². The molecule has 2 aromatic carbocycles. The largest absolute Gasteiger partial charge is 0.496 e. The second-order valence-corrected chi connectivity index (χ2v) is 5.39. The Kier molecular flexibility index (Phi) is 5.38. The number of carbonyl (C=O) groups excluding carboxylic acids is 1. The summed E-state index contributed by atoms with van der Waals surface area (Å²) < 4.78 is 18.2. The average molecular weight is 352 g/mol. The Labute approximate surface area is 150 Å². The molecule has 0 radical (unpaired) electrons. The monoisotopic (exact) mass is 352 g/mol. The van der Waals surface area contributed by atoms with Gasteiger partial charge in [0.15, 0.2) is 0 Å². The molecule has 2 N–H and O–H groups in total. The minimum atomic E-state index is -0.403. The SMILES string of the molecule is COc1ccccc1CNc1nccc(C(=O)Nc2ccc(F)cc2)n1. The Morgan fingerprint density at radius 1 is 1.12 bits per heavy atom. The number of benzene rings is 2. The van der Waals surface area contributed by atoms with Gasteiger partial charge in [0, 0.05) is 24.0 Å². The quantitative estimate of drug-likeness (QED) is 0.710. The summed E-state index contributed by atoms with van der Waals surface area (Å²) in [5.74, 6) is 0.306. The molecule has 0 aliphatic heterocycles. The van der Waals surface area contributed by atoms with Crippen LogP contribution in [0.2, 0.25) is 0 Å². The summed E-state index contributed by atoms with van der Waals surface area (Å²) in [5.41, 5.74) is 1.63. The number of anilines is 2. The van der Waals surface area contributed by atoms with Crippen LogP contribution in [0.5, 0.6) is 5.75 Å². The van der Waals surface area contributed by atoms with Gasteiger partial charge in [-0.2, -0.15) is 0 Å². The fraction of sp³-hybridized carbons (Fsp3) is 0.105. The number of para-hydroxylation sites is 1. The van der Waals surface area contributed by atoms with Crippen LogP contribution < -0.4 is 15.4 Å². The third kappa shape index (κ3) is 4.32. The van der Waals surface area contributed by atoms with Crippen molar-refractivity contribution in [2.75, 3.05) is 17.7 Å². The molecule has 0 saturated heterocycles. The van der Waals surface area contributed by atoms with Gasteiger partial charge in [-0.25, -0.2) is 14.4 Å². The lowest BCUT2D eigenvalue weighted by molar-refractivity contribution is 0.102. The zero-order chi connectivity index (χ0) is 18.4. The van der Waals surface area contributed by atoms with Crippen molar-refractivity contribution in [3.05, 3.63) is 77.9 Å². The molecule has 0 spiro atoms. The van der Waals surface area contributed by atoms with Crippen molar-refractivity contribution in [3.8, 4) is 5.75 Å². The summed E-state index contributed by atoms with van der Waals surface area (Å²) in [4.78, 5) is 20.6. The average Bonchev–Trinajstić information content (AvgIpc) is 2.68. The van der Waals surface area contributed by atoms with E-state index >= 15 is 0 Å². The zero-order valence-corrected chi connectivity index (χ0v) is 14.1. The van der Waals surface area contributed by atoms with Crippen molar-refractivity contribution < 1.29 is 13.9 Å². The molecular weight excluding hydrogens is 335 g/mol. The maximum atomic E-state index is 12.9. The predicted octanol–water partition coefficient (Wildman–Crippen LogP) is 3.49. The second-order valence-electron chi connectivity index (χ2n) is 5.39. The van der Waals surface area contributed by atoms with Gasteiger partial charge in [-0.1, -0.05) is 18.2 Å². The van der Waals surface area contributed by atoms with Crippen LogP contribution in [0.25, 0.3) is 0 Å². The second kappa shape index (κ2) is 8.06. The Balaban J connectivity index is 1.67. The molecule has 132 valence electrons. The Morgan fingerprint density at radius 2 is 1.88 bits per heavy atom. The lowest BCUT2D eigenvalue weighted by Crippen LogP contribution is -2.15. The number of halogens is 1. The lowest BCUT2D eigenvalue weighted by Gasteiger charge is -2.10. The molecule has 0 unspecified atom stereocenters. The molecule has 1 aromatic heterocycles. The van der Waals surface area contributed by atoms with Crippen LogP contribution in [-0.4, -0.2) is 23.0 Å². The van der Waals surface area contributed by atoms with Gasteiger partial charge >= 0.3 is 0 Å². The number of nitrogens with zero attached hydrogens (tertiary/aromatic N) is 2. The highest BCUT2D eigenvalue weighted by atomic mass is 19.1. The summed E-state index contributed by atoms with van der Waals surface area (Å²) in [5, 5.41) is 5.73. The molecule has 3 rings (SSSR count). The number of hydrogen-bond acceptors (Lipinski definition) is 5. The summed E-state index contributed by atoms with van der Waals surface area (Å²) in [6, 6.07) is 14.6. The van der Waals surface area contributed by atoms with Gasteiger partial charge in [-0.15, -0.1) is 0 Å². The summed E-state index contributed by atoms with van der Waals surface area (Å²) in [7, 11) is 1.61. The topological polar surface area (TPSA) is 76.1 Å². The number of ether oxygens (including phenoxy) is 1. The maximum Gasteiger partial charge on any atom is 0.274 e. The molecule has 0 atom stereocenters. The van der Waals surface area contributed by atoms with Crippen molar-refractivity contribution in [1.82, 2.24) is 9.97 Å². The molecule has 0 saturated carbocycles. The highest BCUT2D eigenvalue weighted by Crippen LogP contribution is 2.18. The van der Waals surface area contributed by atoms with Crippen LogP contribution in [0.1, 0.15) is 16.1 Å². The van der Waals surface area contributed by atoms with E-state index in [9.17, 15) is 9.18 Å². The van der Waals surface area contributed by atoms with E-state index in [1.54, 1.807) is 7.11 Å². The number of rotatable bonds is 6. The minimum absolute atomic E-state index is 0.201. The smallest absolute Gasteiger partial charge is 0.274 e. The van der Waals surface area contributed by atoms with Crippen molar-refractivity contribution >= 4 is 17.5 Å². The van der Waals surface area contributed by atoms with Crippen LogP contribution in [0.3, 0.4) is 0 Å². The first-order chi connectivity index (χ1) is 12.7. The molecule has 0 aliphatic rings. The molecule has 1 heterocycles. The number of amides is 1. The van der Waals surface area contributed by atoms with Gasteiger partial charge in [-0.3, -0.25) is 4.79 Å². The predicted molar refractivity (Wildman–Crippen MR) is 96.7 cm³/mol. The van der Waals surface area contributed by atoms with Gasteiger partial charge in [0.2, 0.25) is 5.95 Å². The van der Waals surface area contributed by atoms with E-state index in [-0.39, 0.29) is 11.5 Å². The first kappa shape index (κ1) is 17.3. The minimum Gasteiger partial charge on any atom is -0.496 e. The number of methoxy groups -OCH3 is 1. The number of nitrogens with one attached hydrogen (secondary N) is 2. The summed E-state index contributed by atoms with van der Waals surface area (Å²) in [6.45, 7) is 0.451. The fourth-order valence-electron chi connectivity index (χ4n) is 2.32. The highest BCUT2D eigenvalue weighted by molar-refractivity contribution is 6.02. The van der Waals surface area contributed by atoms with Crippen molar-refractivity contribution in [1.29, 1.82) is 0 Å². The van der Waals surface area contributed by atoms with Crippen LogP contribution in [-0.2, 0) is 6.54 Å². The standard InChI is InChI=1S/C19H17FN4O2/c1-26-17-5-3-2-4-13(17)12-22-19-21-11-10-16(24-19)18(25)23-15-8-6-14(20)7-9-15/h2-11H,12H2,1H3,(H,23,25)(H,21,22,24). The number of hydrogen-bond donors (Lipinski definition) is 2. The molecule has 6 nitrogen and oxygen atoms in total. The van der Waals surface area contributed by atoms with E-state index in [1.807, 2.05) is 24.3 Å². The first-order valence-corrected chi connectivity index (χ1v) is 7.91. The maximum absolute atomic E-state index is 12.9. The Hall–Kier alpha value is -3.48. The van der Waals surface area contributed by atoms with E-state index < -0.39 is 5.91 Å². The van der Waals surface area contributed by atoms with E-state index in [2.05, 4.69) is 20.6 Å². The Bertz CT molecular complexity index is 900. The highest BCUT2D eigenvalue weighted by Gasteiger charge is 2.10. The first-order valence-electron chi connectivity index (χ1n) is 7.91. The van der Waals surface area contributed by atoms with E-state index in [1.165, 1.54) is 36.5 Å². The van der Waals surface area contributed by atoms with Crippen LogP contribution in [0.4, 0.5) is 16.0 Å². The molecule has 0 bridgehead atoms. The van der Waals surface area contributed by atoms with E-state index in [0.717, 1.165) is 11.3 Å². The third-order valence-electron chi connectivity index (χ3n) is 3.62. The van der Waals surface area contributed by atoms with Crippen LogP contribution in [0.15, 0.2) is 60.8 Å². The Morgan fingerprint density at radius 3 is 2.65 bits per heavy atom. The molecule has 1 amide bonds. The fourth-order valence-corrected chi connectivity index (χ4v) is 2.32. The van der Waals surface area contributed by atoms with Gasteiger partial charge in [0.25, 0.3) is 5.91 Å². The van der Waals surface area contributed by atoms with Crippen molar-refractivity contribution in [3.63, 3.8) is 0 Å². The van der Waals surface area contributed by atoms with E-state index in [0.29, 0.717) is 18.2 Å². The van der Waals surface area contributed by atoms with Crippen molar-refractivity contribution in [2.24, 2.45) is 0 Å². The molecule has 0 fully saturated rings. The molecule has 0 aliphatic carbocycles. The molecule has 7 heteroatoms. The summed E-state index contributed by atoms with van der Waals surface area (Å²) in [6.07, 6.45) is 1.50. The van der Waals surface area contributed by atoms with Gasteiger partial charge in [0.1, 0.15) is 17.3 Å². The van der Waals surface area contributed by atoms with Crippen molar-refractivity contribution in [2.45, 2.75) is 6.54 Å². The molecule has 3 aromatic rings. The normalized spacial score (nSPS) is 10.2. The zero-order valence-electron chi connectivity index (χ0n) is 14.1. The molecule has 26 heavy (non-hydrogen) atoms. The third-order valence-corrected chi connectivity index (χ3v) is 3.62. The molecular formula is C19H17FN4O2. The van der Waals surface area contributed by atoms with Crippen LogP contribution >= 0.6 is 0 Å². The number of aromatic nitrogens is 2. The van der Waals surface area contributed by atoms with Gasteiger partial charge < -0.3 is 15.4 Å². The summed E-state index contributed by atoms with van der Waals surface area (Å²) >= 11 is 0.